The average molecular weight is 584 g/mol. The Morgan fingerprint density at radius 3 is 2.34 bits per heavy atom. The number of rotatable bonds is 6. The molecule has 1 atom stereocenters. The Balaban J connectivity index is 1.79. The SMILES string of the molecule is CC(C)c1cc(Oc2cc(N)ncn2)ccc1N1C(=O)C(OC(=O)C(F)(F)F)N(c2cncc(C(F)(F)F)c2)C1=O. The smallest absolute Gasteiger partial charge is 0.439 e. The number of nitrogen functional groups attached to an aromatic ring is 1. The molecule has 17 heteroatoms. The van der Waals surface area contributed by atoms with Gasteiger partial charge in [-0.15, -0.1) is 0 Å². The topological polar surface area (TPSA) is 141 Å². The Morgan fingerprint density at radius 1 is 1.02 bits per heavy atom. The zero-order valence-electron chi connectivity index (χ0n) is 20.9. The van der Waals surface area contributed by atoms with Crippen molar-refractivity contribution in [2.45, 2.75) is 38.3 Å². The number of nitrogens with two attached hydrogens (primary N) is 1. The quantitative estimate of drug-likeness (QED) is 0.246. The van der Waals surface area contributed by atoms with Crippen molar-refractivity contribution >= 4 is 35.1 Å². The molecule has 1 fully saturated rings. The van der Waals surface area contributed by atoms with E-state index in [-0.39, 0.29) is 33.6 Å². The van der Waals surface area contributed by atoms with Crippen molar-refractivity contribution in [3.05, 3.63) is 60.2 Å². The van der Waals surface area contributed by atoms with E-state index in [0.717, 1.165) is 6.33 Å². The Kier molecular flexibility index (Phi) is 7.47. The van der Waals surface area contributed by atoms with Crippen LogP contribution in [-0.4, -0.2) is 45.3 Å². The maximum absolute atomic E-state index is 13.5. The van der Waals surface area contributed by atoms with E-state index < -0.39 is 53.7 Å². The second kappa shape index (κ2) is 10.5. The summed E-state index contributed by atoms with van der Waals surface area (Å²) < 4.78 is 88.9. The van der Waals surface area contributed by atoms with E-state index in [2.05, 4.69) is 19.7 Å². The van der Waals surface area contributed by atoms with Crippen molar-refractivity contribution in [1.82, 2.24) is 15.0 Å². The zero-order chi connectivity index (χ0) is 30.3. The van der Waals surface area contributed by atoms with E-state index in [1.165, 1.54) is 24.3 Å². The number of hydrogen-bond acceptors (Lipinski definition) is 9. The minimum atomic E-state index is -5.58. The molecule has 1 aliphatic heterocycles. The van der Waals surface area contributed by atoms with Crippen LogP contribution in [0.2, 0.25) is 0 Å². The first-order valence-corrected chi connectivity index (χ1v) is 11.4. The number of pyridine rings is 1. The lowest BCUT2D eigenvalue weighted by atomic mass is 10.00. The molecule has 0 saturated carbocycles. The number of carbonyl (C=O) groups excluding carboxylic acids is 3. The minimum Gasteiger partial charge on any atom is -0.439 e. The summed E-state index contributed by atoms with van der Waals surface area (Å²) in [5.41, 5.74) is 3.60. The van der Waals surface area contributed by atoms with Crippen molar-refractivity contribution in [1.29, 1.82) is 0 Å². The molecule has 1 aromatic carbocycles. The van der Waals surface area contributed by atoms with E-state index in [9.17, 15) is 40.7 Å². The van der Waals surface area contributed by atoms with Crippen molar-refractivity contribution < 1.29 is 50.2 Å². The monoisotopic (exact) mass is 584 g/mol. The Morgan fingerprint density at radius 2 is 1.73 bits per heavy atom. The summed E-state index contributed by atoms with van der Waals surface area (Å²) in [7, 11) is 0. The van der Waals surface area contributed by atoms with Crippen LogP contribution >= 0.6 is 0 Å². The molecule has 3 heterocycles. The fourth-order valence-electron chi connectivity index (χ4n) is 3.77. The van der Waals surface area contributed by atoms with Crippen molar-refractivity contribution in [3.63, 3.8) is 0 Å². The lowest BCUT2D eigenvalue weighted by Crippen LogP contribution is -2.42. The van der Waals surface area contributed by atoms with Gasteiger partial charge >= 0.3 is 24.4 Å². The molecule has 2 N–H and O–H groups in total. The third-order valence-electron chi connectivity index (χ3n) is 5.59. The summed E-state index contributed by atoms with van der Waals surface area (Å²) in [6, 6.07) is 4.23. The third-order valence-corrected chi connectivity index (χ3v) is 5.59. The van der Waals surface area contributed by atoms with E-state index in [1.54, 1.807) is 13.8 Å². The maximum Gasteiger partial charge on any atom is 0.491 e. The Labute approximate surface area is 226 Å². The second-order valence-corrected chi connectivity index (χ2v) is 8.77. The molecule has 4 rings (SSSR count). The molecule has 0 radical (unpaired) electrons. The van der Waals surface area contributed by atoms with Crippen LogP contribution in [0.25, 0.3) is 0 Å². The summed E-state index contributed by atoms with van der Waals surface area (Å²) in [6.07, 6.45) is -10.9. The summed E-state index contributed by atoms with van der Waals surface area (Å²) in [5.74, 6) is -4.43. The highest BCUT2D eigenvalue weighted by Crippen LogP contribution is 2.39. The molecule has 0 bridgehead atoms. The molecule has 2 aromatic heterocycles. The molecule has 0 spiro atoms. The van der Waals surface area contributed by atoms with Gasteiger partial charge in [0.25, 0.3) is 12.1 Å². The fraction of sp³-hybridized carbons (Fsp3) is 0.250. The van der Waals surface area contributed by atoms with Crippen LogP contribution in [0.1, 0.15) is 30.9 Å². The number of halogens is 6. The van der Waals surface area contributed by atoms with Gasteiger partial charge in [-0.05, 0) is 35.7 Å². The lowest BCUT2D eigenvalue weighted by Gasteiger charge is -2.23. The van der Waals surface area contributed by atoms with Crippen LogP contribution in [0.4, 0.5) is 48.3 Å². The molecular formula is C24H18F6N6O5. The number of alkyl halides is 6. The number of anilines is 3. The molecule has 11 nitrogen and oxygen atoms in total. The summed E-state index contributed by atoms with van der Waals surface area (Å²) >= 11 is 0. The minimum absolute atomic E-state index is 0.0515. The van der Waals surface area contributed by atoms with Crippen LogP contribution in [0, 0.1) is 0 Å². The molecule has 1 aliphatic rings. The number of esters is 1. The number of aromatic nitrogens is 3. The van der Waals surface area contributed by atoms with Crippen molar-refractivity contribution in [3.8, 4) is 11.6 Å². The highest BCUT2D eigenvalue weighted by molar-refractivity contribution is 6.28. The first-order chi connectivity index (χ1) is 19.1. The predicted molar refractivity (Wildman–Crippen MR) is 128 cm³/mol. The largest absolute Gasteiger partial charge is 0.491 e. The molecule has 1 unspecified atom stereocenters. The number of nitrogens with zero attached hydrogens (tertiary/aromatic N) is 5. The maximum atomic E-state index is 13.5. The van der Waals surface area contributed by atoms with Gasteiger partial charge in [-0.1, -0.05) is 13.8 Å². The fourth-order valence-corrected chi connectivity index (χ4v) is 3.77. The molecule has 3 aromatic rings. The number of imide groups is 1. The molecule has 41 heavy (non-hydrogen) atoms. The first kappa shape index (κ1) is 29.0. The van der Waals surface area contributed by atoms with Gasteiger partial charge in [-0.3, -0.25) is 9.78 Å². The summed E-state index contributed by atoms with van der Waals surface area (Å²) in [5, 5.41) is 0. The average Bonchev–Trinajstić information content (AvgIpc) is 3.12. The Hall–Kier alpha value is -4.96. The lowest BCUT2D eigenvalue weighted by molar-refractivity contribution is -0.204. The molecule has 1 saturated heterocycles. The first-order valence-electron chi connectivity index (χ1n) is 11.4. The predicted octanol–water partition coefficient (Wildman–Crippen LogP) is 4.79. The number of hydrogen-bond donors (Lipinski definition) is 1. The number of carbonyl (C=O) groups is 3. The highest BCUT2D eigenvalue weighted by atomic mass is 19.4. The molecule has 216 valence electrons. The van der Waals surface area contributed by atoms with Gasteiger partial charge in [0.2, 0.25) is 5.88 Å². The van der Waals surface area contributed by atoms with Gasteiger partial charge in [-0.25, -0.2) is 29.4 Å². The Bertz CT molecular complexity index is 1510. The van der Waals surface area contributed by atoms with Gasteiger partial charge in [0.05, 0.1) is 23.1 Å². The zero-order valence-corrected chi connectivity index (χ0v) is 20.9. The van der Waals surface area contributed by atoms with Gasteiger partial charge in [0.15, 0.2) is 0 Å². The standard InChI is InChI=1S/C24H18F6N6O5/c1-11(2)15-6-14(40-18-7-17(31)33-10-34-18)3-4-16(15)36-19(37)20(41-21(38)24(28,29)30)35(22(36)39)13-5-12(8-32-9-13)23(25,26)27/h3-11,20H,1-2H3,(H2,31,33,34). The van der Waals surface area contributed by atoms with Crippen LogP contribution in [0.5, 0.6) is 11.6 Å². The molecular weight excluding hydrogens is 566 g/mol. The van der Waals surface area contributed by atoms with Crippen LogP contribution in [0.15, 0.2) is 49.1 Å². The van der Waals surface area contributed by atoms with Gasteiger partial charge in [-0.2, -0.15) is 26.3 Å². The second-order valence-electron chi connectivity index (χ2n) is 8.77. The summed E-state index contributed by atoms with van der Waals surface area (Å²) in [4.78, 5) is 50.1. The van der Waals surface area contributed by atoms with Gasteiger partial charge < -0.3 is 15.2 Å². The molecule has 3 amide bonds. The van der Waals surface area contributed by atoms with Crippen LogP contribution < -0.4 is 20.3 Å². The van der Waals surface area contributed by atoms with Crippen LogP contribution in [0.3, 0.4) is 0 Å². The van der Waals surface area contributed by atoms with Crippen molar-refractivity contribution in [2.24, 2.45) is 0 Å². The number of benzene rings is 1. The van der Waals surface area contributed by atoms with E-state index in [0.29, 0.717) is 23.4 Å². The van der Waals surface area contributed by atoms with E-state index in [1.807, 2.05) is 0 Å². The van der Waals surface area contributed by atoms with Gasteiger partial charge in [0.1, 0.15) is 17.9 Å². The molecule has 0 aliphatic carbocycles. The highest BCUT2D eigenvalue weighted by Gasteiger charge is 2.53. The van der Waals surface area contributed by atoms with Crippen molar-refractivity contribution in [2.75, 3.05) is 15.5 Å². The number of amides is 3. The van der Waals surface area contributed by atoms with E-state index in [4.69, 9.17) is 10.5 Å². The summed E-state index contributed by atoms with van der Waals surface area (Å²) in [6.45, 7) is 3.32. The van der Waals surface area contributed by atoms with Crippen LogP contribution in [-0.2, 0) is 20.5 Å². The normalized spacial score (nSPS) is 16.0. The number of ether oxygens (including phenoxy) is 2. The van der Waals surface area contributed by atoms with E-state index >= 15 is 0 Å². The van der Waals surface area contributed by atoms with Gasteiger partial charge in [0, 0.05) is 12.3 Å². The third kappa shape index (κ3) is 5.97. The number of urea groups is 1.